The van der Waals surface area contributed by atoms with Gasteiger partial charge in [0.2, 0.25) is 5.91 Å². The normalized spacial score (nSPS) is 14.7. The summed E-state index contributed by atoms with van der Waals surface area (Å²) in [5.74, 6) is -0.163. The molecule has 0 atom stereocenters. The molecule has 2 heteroatoms. The fraction of sp³-hybridized carbons (Fsp3) is 0.938. The lowest BCUT2D eigenvalue weighted by molar-refractivity contribution is -0.118. The quantitative estimate of drug-likeness (QED) is 0.612. The number of unbranched alkanes of at least 4 members (excludes halogenated alkanes) is 6. The molecule has 18 heavy (non-hydrogen) atoms. The molecule has 0 aromatic rings. The summed E-state index contributed by atoms with van der Waals surface area (Å²) < 4.78 is 0. The smallest absolute Gasteiger partial charge is 0.217 e. The van der Waals surface area contributed by atoms with Gasteiger partial charge in [0.1, 0.15) is 0 Å². The number of rotatable bonds is 8. The summed E-state index contributed by atoms with van der Waals surface area (Å²) in [6.45, 7) is 2.22. The summed E-state index contributed by atoms with van der Waals surface area (Å²) in [5, 5.41) is 0. The monoisotopic (exact) mass is 255 g/mol. The van der Waals surface area contributed by atoms with Crippen LogP contribution in [0.4, 0.5) is 0 Å². The van der Waals surface area contributed by atoms with E-state index in [1.807, 2.05) is 0 Å². The zero-order valence-corrected chi connectivity index (χ0v) is 12.4. The molecule has 0 aliphatic heterocycles. The van der Waals surface area contributed by atoms with Gasteiger partial charge in [-0.3, -0.25) is 4.79 Å². The van der Waals surface area contributed by atoms with Crippen molar-refractivity contribution in [3.63, 3.8) is 0 Å². The molecule has 1 saturated carbocycles. The fourth-order valence-electron chi connectivity index (χ4n) is 2.32. The minimum atomic E-state index is -0.163. The van der Waals surface area contributed by atoms with Gasteiger partial charge in [0.15, 0.2) is 0 Å². The van der Waals surface area contributed by atoms with Crippen molar-refractivity contribution in [2.45, 2.75) is 96.8 Å². The number of carbonyl (C=O) groups excluding carboxylic acids is 1. The Balaban J connectivity index is 0.000000397. The van der Waals surface area contributed by atoms with Crippen molar-refractivity contribution < 1.29 is 4.79 Å². The van der Waals surface area contributed by atoms with Crippen LogP contribution in [0.3, 0.4) is 0 Å². The number of primary amides is 1. The van der Waals surface area contributed by atoms with Crippen LogP contribution in [0, 0.1) is 0 Å². The second kappa shape index (κ2) is 14.5. The van der Waals surface area contributed by atoms with Crippen LogP contribution in [-0.2, 0) is 4.79 Å². The average molecular weight is 255 g/mol. The molecule has 0 radical (unpaired) electrons. The highest BCUT2D eigenvalue weighted by Gasteiger charge is 1.95. The summed E-state index contributed by atoms with van der Waals surface area (Å²) >= 11 is 0. The topological polar surface area (TPSA) is 43.1 Å². The fourth-order valence-corrected chi connectivity index (χ4v) is 2.32. The zero-order valence-electron chi connectivity index (χ0n) is 12.4. The van der Waals surface area contributed by atoms with Crippen LogP contribution in [0.2, 0.25) is 0 Å². The van der Waals surface area contributed by atoms with Crippen LogP contribution < -0.4 is 5.73 Å². The van der Waals surface area contributed by atoms with E-state index >= 15 is 0 Å². The minimum Gasteiger partial charge on any atom is -0.370 e. The zero-order chi connectivity index (χ0) is 13.5. The van der Waals surface area contributed by atoms with Crippen LogP contribution in [0.1, 0.15) is 96.8 Å². The Morgan fingerprint density at radius 2 is 1.17 bits per heavy atom. The first-order valence-electron chi connectivity index (χ1n) is 8.05. The first-order valence-corrected chi connectivity index (χ1v) is 8.05. The van der Waals surface area contributed by atoms with Crippen molar-refractivity contribution in [1.82, 2.24) is 0 Å². The van der Waals surface area contributed by atoms with Crippen molar-refractivity contribution in [2.75, 3.05) is 0 Å². The Bertz CT molecular complexity index is 164. The average Bonchev–Trinajstić information content (AvgIpc) is 2.40. The molecule has 1 aliphatic rings. The molecule has 108 valence electrons. The molecule has 0 unspecified atom stereocenters. The van der Waals surface area contributed by atoms with E-state index in [9.17, 15) is 4.79 Å². The predicted octanol–water partition coefficient (Wildman–Crippen LogP) is 4.95. The number of hydrogen-bond acceptors (Lipinski definition) is 1. The Morgan fingerprint density at radius 3 is 1.56 bits per heavy atom. The summed E-state index contributed by atoms with van der Waals surface area (Å²) in [5.41, 5.74) is 5.02. The number of hydrogen-bond donors (Lipinski definition) is 1. The van der Waals surface area contributed by atoms with Crippen LogP contribution >= 0.6 is 0 Å². The molecule has 1 amide bonds. The van der Waals surface area contributed by atoms with Crippen LogP contribution in [0.15, 0.2) is 0 Å². The van der Waals surface area contributed by atoms with E-state index in [2.05, 4.69) is 6.92 Å². The van der Waals surface area contributed by atoms with Crippen molar-refractivity contribution in [2.24, 2.45) is 5.73 Å². The first kappa shape index (κ1) is 17.5. The van der Waals surface area contributed by atoms with Gasteiger partial charge in [-0.15, -0.1) is 0 Å². The largest absolute Gasteiger partial charge is 0.370 e. The Kier molecular flexibility index (Phi) is 14.1. The van der Waals surface area contributed by atoms with Gasteiger partial charge < -0.3 is 5.73 Å². The summed E-state index contributed by atoms with van der Waals surface area (Å²) in [4.78, 5) is 10.4. The summed E-state index contributed by atoms with van der Waals surface area (Å²) in [7, 11) is 0. The third-order valence-electron chi connectivity index (χ3n) is 3.53. The Morgan fingerprint density at radius 1 is 0.778 bits per heavy atom. The molecular formula is C16H33NO. The highest BCUT2D eigenvalue weighted by molar-refractivity contribution is 5.73. The van der Waals surface area contributed by atoms with Crippen molar-refractivity contribution >= 4 is 5.91 Å². The molecule has 1 rings (SSSR count). The standard InChI is InChI=1S/C10H21NO.C6H12/c1-2-3-4-5-6-7-8-9-10(11)12;1-2-4-6-5-3-1/h2-9H2,1H3,(H2,11,12);1-6H2. The van der Waals surface area contributed by atoms with Gasteiger partial charge in [0.25, 0.3) is 0 Å². The van der Waals surface area contributed by atoms with Gasteiger partial charge in [0, 0.05) is 6.42 Å². The highest BCUT2D eigenvalue weighted by atomic mass is 16.1. The lowest BCUT2D eigenvalue weighted by atomic mass is 10.0. The number of amides is 1. The number of nitrogens with two attached hydrogens (primary N) is 1. The molecule has 0 aromatic carbocycles. The number of carbonyl (C=O) groups is 1. The summed E-state index contributed by atoms with van der Waals surface area (Å²) in [6.07, 6.45) is 18.2. The molecule has 0 aromatic heterocycles. The minimum absolute atomic E-state index is 0.163. The maximum absolute atomic E-state index is 10.4. The van der Waals surface area contributed by atoms with Crippen LogP contribution in [0.5, 0.6) is 0 Å². The molecule has 2 N–H and O–H groups in total. The Labute approximate surface area is 114 Å². The third kappa shape index (κ3) is 15.5. The second-order valence-electron chi connectivity index (χ2n) is 5.46. The van der Waals surface area contributed by atoms with Gasteiger partial charge in [-0.05, 0) is 6.42 Å². The van der Waals surface area contributed by atoms with E-state index in [1.165, 1.54) is 70.6 Å². The molecule has 1 fully saturated rings. The molecule has 2 nitrogen and oxygen atoms in total. The van der Waals surface area contributed by atoms with Gasteiger partial charge in [-0.2, -0.15) is 0 Å². The van der Waals surface area contributed by atoms with Crippen molar-refractivity contribution in [3.05, 3.63) is 0 Å². The molecule has 1 aliphatic carbocycles. The molecule has 0 saturated heterocycles. The van der Waals surface area contributed by atoms with Gasteiger partial charge >= 0.3 is 0 Å². The van der Waals surface area contributed by atoms with E-state index in [4.69, 9.17) is 5.73 Å². The van der Waals surface area contributed by atoms with Crippen molar-refractivity contribution in [1.29, 1.82) is 0 Å². The van der Waals surface area contributed by atoms with Crippen LogP contribution in [-0.4, -0.2) is 5.91 Å². The molecule has 0 bridgehead atoms. The van der Waals surface area contributed by atoms with E-state index in [1.54, 1.807) is 0 Å². The van der Waals surface area contributed by atoms with Crippen molar-refractivity contribution in [3.8, 4) is 0 Å². The van der Waals surface area contributed by atoms with Gasteiger partial charge in [-0.25, -0.2) is 0 Å². The maximum Gasteiger partial charge on any atom is 0.217 e. The third-order valence-corrected chi connectivity index (χ3v) is 3.53. The van der Waals surface area contributed by atoms with Gasteiger partial charge in [0.05, 0.1) is 0 Å². The van der Waals surface area contributed by atoms with E-state index in [0.717, 1.165) is 12.8 Å². The SMILES string of the molecule is C1CCCCC1.CCCCCCCCCC(N)=O. The molecule has 0 heterocycles. The van der Waals surface area contributed by atoms with E-state index < -0.39 is 0 Å². The molecular weight excluding hydrogens is 222 g/mol. The lowest BCUT2D eigenvalue weighted by Crippen LogP contribution is -2.09. The van der Waals surface area contributed by atoms with E-state index in [0.29, 0.717) is 6.42 Å². The summed E-state index contributed by atoms with van der Waals surface area (Å²) in [6, 6.07) is 0. The second-order valence-corrected chi connectivity index (χ2v) is 5.46. The van der Waals surface area contributed by atoms with Crippen LogP contribution in [0.25, 0.3) is 0 Å². The Hall–Kier alpha value is -0.530. The highest BCUT2D eigenvalue weighted by Crippen LogP contribution is 2.15. The van der Waals surface area contributed by atoms with Gasteiger partial charge in [-0.1, -0.05) is 84.0 Å². The molecule has 0 spiro atoms. The predicted molar refractivity (Wildman–Crippen MR) is 79.5 cm³/mol. The van der Waals surface area contributed by atoms with E-state index in [-0.39, 0.29) is 5.91 Å². The lowest BCUT2D eigenvalue weighted by Gasteiger charge is -2.05. The maximum atomic E-state index is 10.4. The first-order chi connectivity index (χ1) is 8.77.